The lowest BCUT2D eigenvalue weighted by molar-refractivity contribution is 0.473. The zero-order chi connectivity index (χ0) is 27.6. The van der Waals surface area contributed by atoms with E-state index in [-0.39, 0.29) is 12.1 Å². The molecule has 42 heavy (non-hydrogen) atoms. The topological polar surface area (TPSA) is 36.9 Å². The molecular formula is C38H27N3O. The highest BCUT2D eigenvalue weighted by atomic mass is 16.5. The van der Waals surface area contributed by atoms with Crippen molar-refractivity contribution in [3.05, 3.63) is 139 Å². The maximum absolute atomic E-state index is 6.65. The summed E-state index contributed by atoms with van der Waals surface area (Å²) >= 11 is 0. The fourth-order valence-corrected chi connectivity index (χ4v) is 7.05. The van der Waals surface area contributed by atoms with Gasteiger partial charge in [0.25, 0.3) is 0 Å². The second-order valence-electron chi connectivity index (χ2n) is 11.1. The predicted octanol–water partition coefficient (Wildman–Crippen LogP) is 9.75. The molecular weight excluding hydrogens is 514 g/mol. The predicted molar refractivity (Wildman–Crippen MR) is 174 cm³/mol. The van der Waals surface area contributed by atoms with Crippen molar-refractivity contribution in [3.63, 3.8) is 0 Å². The number of allylic oxidation sites excluding steroid dienone is 1. The van der Waals surface area contributed by atoms with Crippen LogP contribution >= 0.6 is 0 Å². The van der Waals surface area contributed by atoms with Gasteiger partial charge in [-0.15, -0.1) is 0 Å². The molecule has 0 spiro atoms. The molecule has 4 nitrogen and oxygen atoms in total. The molecule has 1 N–H and O–H groups in total. The van der Waals surface area contributed by atoms with Crippen LogP contribution in [0.15, 0.2) is 132 Å². The van der Waals surface area contributed by atoms with Crippen LogP contribution in [0.25, 0.3) is 32.7 Å². The summed E-state index contributed by atoms with van der Waals surface area (Å²) < 4.78 is 6.65. The van der Waals surface area contributed by atoms with Gasteiger partial charge in [-0.2, -0.15) is 0 Å². The van der Waals surface area contributed by atoms with Crippen LogP contribution in [0.3, 0.4) is 0 Å². The number of benzene rings is 6. The van der Waals surface area contributed by atoms with E-state index in [4.69, 9.17) is 4.74 Å². The zero-order valence-electron chi connectivity index (χ0n) is 22.9. The molecule has 0 aliphatic carbocycles. The van der Waals surface area contributed by atoms with Gasteiger partial charge in [0, 0.05) is 18.7 Å². The van der Waals surface area contributed by atoms with Crippen LogP contribution in [0.5, 0.6) is 11.5 Å². The molecule has 0 saturated heterocycles. The molecule has 0 amide bonds. The fraction of sp³-hybridized carbons (Fsp3) is 0.0789. The minimum absolute atomic E-state index is 0.0111. The van der Waals surface area contributed by atoms with Crippen molar-refractivity contribution in [2.75, 3.05) is 16.8 Å². The molecule has 3 aliphatic rings. The van der Waals surface area contributed by atoms with E-state index in [0.29, 0.717) is 0 Å². The van der Waals surface area contributed by atoms with Gasteiger partial charge < -0.3 is 15.0 Å². The highest BCUT2D eigenvalue weighted by molar-refractivity contribution is 6.15. The Labute approximate surface area is 244 Å². The number of rotatable bonds is 3. The normalized spacial score (nSPS) is 18.0. The van der Waals surface area contributed by atoms with E-state index >= 15 is 0 Å². The van der Waals surface area contributed by atoms with Crippen LogP contribution in [0.1, 0.15) is 23.2 Å². The highest BCUT2D eigenvalue weighted by Gasteiger charge is 2.38. The van der Waals surface area contributed by atoms with E-state index in [1.165, 1.54) is 38.2 Å². The molecule has 2 atom stereocenters. The maximum Gasteiger partial charge on any atom is 0.153 e. The Morgan fingerprint density at radius 2 is 1.45 bits per heavy atom. The Hall–Kier alpha value is -5.35. The number of anilines is 3. The van der Waals surface area contributed by atoms with Crippen LogP contribution in [0, 0.1) is 0 Å². The molecule has 0 radical (unpaired) electrons. The van der Waals surface area contributed by atoms with Crippen LogP contribution in [0.4, 0.5) is 17.1 Å². The molecule has 0 aromatic heterocycles. The maximum atomic E-state index is 6.65. The van der Waals surface area contributed by atoms with Crippen LogP contribution in [0.2, 0.25) is 0 Å². The van der Waals surface area contributed by atoms with E-state index in [2.05, 4.69) is 143 Å². The molecule has 0 saturated carbocycles. The largest absolute Gasteiger partial charge is 0.453 e. The number of nitrogens with one attached hydrogen (secondary N) is 1. The van der Waals surface area contributed by atoms with Gasteiger partial charge in [-0.1, -0.05) is 97.1 Å². The van der Waals surface area contributed by atoms with Gasteiger partial charge in [-0.3, -0.25) is 4.99 Å². The first-order valence-corrected chi connectivity index (χ1v) is 14.5. The lowest BCUT2D eigenvalue weighted by Gasteiger charge is -2.33. The Morgan fingerprint density at radius 1 is 0.714 bits per heavy atom. The van der Waals surface area contributed by atoms with Crippen molar-refractivity contribution in [3.8, 4) is 22.6 Å². The van der Waals surface area contributed by atoms with Crippen molar-refractivity contribution in [2.24, 2.45) is 4.99 Å². The van der Waals surface area contributed by atoms with E-state index < -0.39 is 0 Å². The van der Waals surface area contributed by atoms with E-state index in [9.17, 15) is 0 Å². The number of fused-ring (bicyclic) bond motifs is 4. The SMILES string of the molecule is C1=CC(c2c3ccccc3c(-c3ccc4c(c3)Oc3cccc5c3N4C(c3ccccc3)N5)c3ccccc23)CN=C1. The van der Waals surface area contributed by atoms with Gasteiger partial charge in [0.05, 0.1) is 11.4 Å². The van der Waals surface area contributed by atoms with E-state index in [0.717, 1.165) is 40.7 Å². The van der Waals surface area contributed by atoms with E-state index in [1.54, 1.807) is 0 Å². The van der Waals surface area contributed by atoms with Crippen molar-refractivity contribution in [2.45, 2.75) is 12.1 Å². The molecule has 6 aromatic carbocycles. The summed E-state index contributed by atoms with van der Waals surface area (Å²) in [6.07, 6.45) is 6.25. The molecule has 0 bridgehead atoms. The summed E-state index contributed by atoms with van der Waals surface area (Å²) in [4.78, 5) is 6.99. The summed E-state index contributed by atoms with van der Waals surface area (Å²) in [5.74, 6) is 1.98. The Balaban J connectivity index is 1.26. The Bertz CT molecular complexity index is 2040. The average molecular weight is 542 g/mol. The molecule has 3 aliphatic heterocycles. The van der Waals surface area contributed by atoms with Crippen molar-refractivity contribution in [1.82, 2.24) is 0 Å². The number of para-hydroxylation sites is 1. The van der Waals surface area contributed by atoms with Gasteiger partial charge in [0.1, 0.15) is 11.9 Å². The van der Waals surface area contributed by atoms with Gasteiger partial charge in [0.2, 0.25) is 0 Å². The van der Waals surface area contributed by atoms with Crippen LogP contribution in [-0.2, 0) is 0 Å². The number of hydrogen-bond acceptors (Lipinski definition) is 4. The second-order valence-corrected chi connectivity index (χ2v) is 11.1. The van der Waals surface area contributed by atoms with Crippen molar-refractivity contribution < 1.29 is 4.74 Å². The van der Waals surface area contributed by atoms with E-state index in [1.807, 2.05) is 6.21 Å². The molecule has 2 unspecified atom stereocenters. The monoisotopic (exact) mass is 541 g/mol. The average Bonchev–Trinajstić information content (AvgIpc) is 3.45. The molecule has 9 rings (SSSR count). The number of dihydropyridines is 1. The van der Waals surface area contributed by atoms with Gasteiger partial charge in [-0.05, 0) is 74.1 Å². The first kappa shape index (κ1) is 23.4. The highest BCUT2D eigenvalue weighted by Crippen LogP contribution is 2.58. The summed E-state index contributed by atoms with van der Waals surface area (Å²) in [6, 6.07) is 41.2. The summed E-state index contributed by atoms with van der Waals surface area (Å²) in [6.45, 7) is 0.768. The first-order chi connectivity index (χ1) is 20.8. The number of nitrogens with zero attached hydrogens (tertiary/aromatic N) is 2. The molecule has 4 heteroatoms. The number of aliphatic imine (C=N–C) groups is 1. The third kappa shape index (κ3) is 3.39. The molecule has 3 heterocycles. The molecule has 200 valence electrons. The van der Waals surface area contributed by atoms with Crippen molar-refractivity contribution in [1.29, 1.82) is 0 Å². The van der Waals surface area contributed by atoms with Crippen molar-refractivity contribution >= 4 is 44.8 Å². The molecule has 6 aromatic rings. The summed E-state index contributed by atoms with van der Waals surface area (Å²) in [5.41, 5.74) is 8.19. The number of hydrogen-bond donors (Lipinski definition) is 1. The quantitative estimate of drug-likeness (QED) is 0.227. The third-order valence-corrected chi connectivity index (χ3v) is 8.81. The minimum atomic E-state index is -0.0111. The second kappa shape index (κ2) is 9.08. The number of ether oxygens (including phenoxy) is 1. The summed E-state index contributed by atoms with van der Waals surface area (Å²) in [7, 11) is 0. The third-order valence-electron chi connectivity index (χ3n) is 8.81. The van der Waals surface area contributed by atoms with Gasteiger partial charge in [-0.25, -0.2) is 0 Å². The minimum Gasteiger partial charge on any atom is -0.453 e. The Kier molecular flexibility index (Phi) is 5.05. The van der Waals surface area contributed by atoms with Crippen LogP contribution in [-0.4, -0.2) is 12.8 Å². The zero-order valence-corrected chi connectivity index (χ0v) is 22.9. The first-order valence-electron chi connectivity index (χ1n) is 14.5. The molecule has 0 fully saturated rings. The lowest BCUT2D eigenvalue weighted by atomic mass is 9.83. The van der Waals surface area contributed by atoms with Gasteiger partial charge >= 0.3 is 0 Å². The van der Waals surface area contributed by atoms with Gasteiger partial charge in [0.15, 0.2) is 11.5 Å². The fourth-order valence-electron chi connectivity index (χ4n) is 7.05. The smallest absolute Gasteiger partial charge is 0.153 e. The Morgan fingerprint density at radius 3 is 2.19 bits per heavy atom. The lowest BCUT2D eigenvalue weighted by Crippen LogP contribution is -2.25. The summed E-state index contributed by atoms with van der Waals surface area (Å²) in [5, 5.41) is 8.79. The standard InChI is InChI=1S/C38H27N3O/c1-2-10-24(11-3-1)38-40-31-17-8-18-33-37(31)41(38)32-20-19-25(22-34(32)42-33)35-27-13-4-6-15-29(27)36(26-12-9-21-39-23-26)30-16-7-5-14-28(30)35/h1-22,26,38,40H,23H2. The van der Waals surface area contributed by atoms with Crippen LogP contribution < -0.4 is 15.0 Å².